The van der Waals surface area contributed by atoms with Crippen molar-refractivity contribution in [3.05, 3.63) is 52.1 Å². The van der Waals surface area contributed by atoms with E-state index in [2.05, 4.69) is 10.3 Å². The van der Waals surface area contributed by atoms with Crippen molar-refractivity contribution in [3.63, 3.8) is 0 Å². The third-order valence-corrected chi connectivity index (χ3v) is 4.58. The van der Waals surface area contributed by atoms with Crippen LogP contribution in [0.3, 0.4) is 0 Å². The number of likely N-dealkylation sites (tertiary alicyclic amines) is 1. The van der Waals surface area contributed by atoms with Gasteiger partial charge in [-0.15, -0.1) is 0 Å². The Bertz CT molecular complexity index is 697. The molecular formula is C17H17Cl2N3O. The first-order valence-electron chi connectivity index (χ1n) is 7.61. The Morgan fingerprint density at radius 3 is 2.48 bits per heavy atom. The SMILES string of the molecule is O=C(c1ccc(Nc2ccc(Cl)c(Cl)c2)nc1)N1CCCCC1. The van der Waals surface area contributed by atoms with Crippen LogP contribution in [-0.4, -0.2) is 28.9 Å². The molecule has 1 N–H and O–H groups in total. The fourth-order valence-corrected chi connectivity index (χ4v) is 2.89. The molecule has 1 fully saturated rings. The summed E-state index contributed by atoms with van der Waals surface area (Å²) in [6.45, 7) is 1.67. The van der Waals surface area contributed by atoms with Gasteiger partial charge in [0.1, 0.15) is 5.82 Å². The molecule has 120 valence electrons. The Morgan fingerprint density at radius 1 is 1.04 bits per heavy atom. The van der Waals surface area contributed by atoms with Gasteiger partial charge in [0.05, 0.1) is 15.6 Å². The van der Waals surface area contributed by atoms with Crippen LogP contribution in [0.15, 0.2) is 36.5 Å². The molecule has 0 spiro atoms. The molecule has 0 radical (unpaired) electrons. The normalized spacial score (nSPS) is 14.6. The molecule has 1 aliphatic rings. The van der Waals surface area contributed by atoms with Crippen LogP contribution in [0.4, 0.5) is 11.5 Å². The molecule has 0 bridgehead atoms. The minimum atomic E-state index is 0.0540. The van der Waals surface area contributed by atoms with Crippen LogP contribution in [0.2, 0.25) is 10.0 Å². The van der Waals surface area contributed by atoms with Crippen LogP contribution in [-0.2, 0) is 0 Å². The number of carbonyl (C=O) groups is 1. The Morgan fingerprint density at radius 2 is 1.83 bits per heavy atom. The van der Waals surface area contributed by atoms with E-state index in [0.29, 0.717) is 21.4 Å². The molecule has 1 amide bonds. The molecule has 0 saturated carbocycles. The third kappa shape index (κ3) is 3.95. The number of anilines is 2. The van der Waals surface area contributed by atoms with Crippen LogP contribution >= 0.6 is 23.2 Å². The van der Waals surface area contributed by atoms with Gasteiger partial charge in [-0.2, -0.15) is 0 Å². The number of aromatic nitrogens is 1. The summed E-state index contributed by atoms with van der Waals surface area (Å²) < 4.78 is 0. The largest absolute Gasteiger partial charge is 0.340 e. The van der Waals surface area contributed by atoms with Gasteiger partial charge in [0.25, 0.3) is 5.91 Å². The third-order valence-electron chi connectivity index (χ3n) is 3.85. The van der Waals surface area contributed by atoms with Crippen molar-refractivity contribution in [2.45, 2.75) is 19.3 Å². The highest BCUT2D eigenvalue weighted by Crippen LogP contribution is 2.26. The summed E-state index contributed by atoms with van der Waals surface area (Å²) in [5.41, 5.74) is 1.41. The number of nitrogens with zero attached hydrogens (tertiary/aromatic N) is 2. The number of amides is 1. The van der Waals surface area contributed by atoms with Crippen molar-refractivity contribution in [2.24, 2.45) is 0 Å². The zero-order valence-corrected chi connectivity index (χ0v) is 14.1. The highest BCUT2D eigenvalue weighted by Gasteiger charge is 2.18. The van der Waals surface area contributed by atoms with Crippen molar-refractivity contribution in [2.75, 3.05) is 18.4 Å². The zero-order chi connectivity index (χ0) is 16.2. The lowest BCUT2D eigenvalue weighted by Crippen LogP contribution is -2.35. The van der Waals surface area contributed by atoms with Crippen LogP contribution in [0.1, 0.15) is 29.6 Å². The summed E-state index contributed by atoms with van der Waals surface area (Å²) in [6.07, 6.45) is 4.97. The molecule has 4 nitrogen and oxygen atoms in total. The molecule has 1 aromatic carbocycles. The number of halogens is 2. The number of nitrogens with one attached hydrogen (secondary N) is 1. The number of hydrogen-bond acceptors (Lipinski definition) is 3. The van der Waals surface area contributed by atoms with Crippen molar-refractivity contribution in [1.29, 1.82) is 0 Å². The minimum Gasteiger partial charge on any atom is -0.340 e. The van der Waals surface area contributed by atoms with Crippen molar-refractivity contribution >= 4 is 40.6 Å². The van der Waals surface area contributed by atoms with Crippen LogP contribution in [0, 0.1) is 0 Å². The summed E-state index contributed by atoms with van der Waals surface area (Å²) in [6, 6.07) is 8.87. The Labute approximate surface area is 145 Å². The quantitative estimate of drug-likeness (QED) is 0.868. The summed E-state index contributed by atoms with van der Waals surface area (Å²) >= 11 is 11.9. The fraction of sp³-hybridized carbons (Fsp3) is 0.294. The predicted octanol–water partition coefficient (Wildman–Crippen LogP) is 4.76. The zero-order valence-electron chi connectivity index (χ0n) is 12.6. The highest BCUT2D eigenvalue weighted by atomic mass is 35.5. The van der Waals surface area contributed by atoms with Gasteiger partial charge < -0.3 is 10.2 Å². The lowest BCUT2D eigenvalue weighted by atomic mass is 10.1. The van der Waals surface area contributed by atoms with Gasteiger partial charge in [0.2, 0.25) is 0 Å². The van der Waals surface area contributed by atoms with Crippen molar-refractivity contribution < 1.29 is 4.79 Å². The topological polar surface area (TPSA) is 45.2 Å². The molecular weight excluding hydrogens is 333 g/mol. The van der Waals surface area contributed by atoms with Gasteiger partial charge in [-0.05, 0) is 49.6 Å². The molecule has 3 rings (SSSR count). The number of hydrogen-bond donors (Lipinski definition) is 1. The van der Waals surface area contributed by atoms with Crippen molar-refractivity contribution in [1.82, 2.24) is 9.88 Å². The van der Waals surface area contributed by atoms with E-state index >= 15 is 0 Å². The Balaban J connectivity index is 1.68. The second kappa shape index (κ2) is 7.20. The van der Waals surface area contributed by atoms with Gasteiger partial charge in [-0.1, -0.05) is 23.2 Å². The Hall–Kier alpha value is -1.78. The Kier molecular flexibility index (Phi) is 5.03. The highest BCUT2D eigenvalue weighted by molar-refractivity contribution is 6.42. The maximum atomic E-state index is 12.4. The molecule has 0 aliphatic carbocycles. The average molecular weight is 350 g/mol. The van der Waals surface area contributed by atoms with Crippen LogP contribution in [0.5, 0.6) is 0 Å². The van der Waals surface area contributed by atoms with E-state index in [0.717, 1.165) is 31.6 Å². The maximum Gasteiger partial charge on any atom is 0.255 e. The summed E-state index contributed by atoms with van der Waals surface area (Å²) in [7, 11) is 0. The van der Waals surface area contributed by atoms with E-state index in [9.17, 15) is 4.79 Å². The lowest BCUT2D eigenvalue weighted by Gasteiger charge is -2.26. The second-order valence-electron chi connectivity index (χ2n) is 5.54. The van der Waals surface area contributed by atoms with Crippen LogP contribution in [0.25, 0.3) is 0 Å². The smallest absolute Gasteiger partial charge is 0.255 e. The monoisotopic (exact) mass is 349 g/mol. The first kappa shape index (κ1) is 16.1. The first-order chi connectivity index (χ1) is 11.1. The van der Waals surface area contributed by atoms with Gasteiger partial charge in [-0.3, -0.25) is 4.79 Å². The van der Waals surface area contributed by atoms with Gasteiger partial charge in [0, 0.05) is 25.0 Å². The predicted molar refractivity (Wildman–Crippen MR) is 93.7 cm³/mol. The maximum absolute atomic E-state index is 12.4. The molecule has 2 aromatic rings. The summed E-state index contributed by atoms with van der Waals surface area (Å²) in [5, 5.41) is 4.13. The van der Waals surface area contributed by atoms with Gasteiger partial charge >= 0.3 is 0 Å². The van der Waals surface area contributed by atoms with E-state index in [1.54, 1.807) is 30.5 Å². The van der Waals surface area contributed by atoms with E-state index in [-0.39, 0.29) is 5.91 Å². The van der Waals surface area contributed by atoms with E-state index < -0.39 is 0 Å². The molecule has 1 aliphatic heterocycles. The number of rotatable bonds is 3. The molecule has 6 heteroatoms. The van der Waals surface area contributed by atoms with Gasteiger partial charge in [-0.25, -0.2) is 4.98 Å². The van der Waals surface area contributed by atoms with E-state index in [1.807, 2.05) is 11.0 Å². The minimum absolute atomic E-state index is 0.0540. The standard InChI is InChI=1S/C17H17Cl2N3O/c18-14-6-5-13(10-15(14)19)21-16-7-4-12(11-20-16)17(23)22-8-2-1-3-9-22/h4-7,10-11H,1-3,8-9H2,(H,20,21). The van der Waals surface area contributed by atoms with E-state index in [4.69, 9.17) is 23.2 Å². The molecule has 0 atom stereocenters. The molecule has 1 saturated heterocycles. The fourth-order valence-electron chi connectivity index (χ4n) is 2.60. The average Bonchev–Trinajstić information content (AvgIpc) is 2.59. The molecule has 2 heterocycles. The number of pyridine rings is 1. The molecule has 23 heavy (non-hydrogen) atoms. The molecule has 0 unspecified atom stereocenters. The number of carbonyl (C=O) groups excluding carboxylic acids is 1. The van der Waals surface area contributed by atoms with Gasteiger partial charge in [0.15, 0.2) is 0 Å². The summed E-state index contributed by atoms with van der Waals surface area (Å²) in [5.74, 6) is 0.705. The second-order valence-corrected chi connectivity index (χ2v) is 6.35. The van der Waals surface area contributed by atoms with Crippen molar-refractivity contribution in [3.8, 4) is 0 Å². The van der Waals surface area contributed by atoms with Crippen LogP contribution < -0.4 is 5.32 Å². The summed E-state index contributed by atoms with van der Waals surface area (Å²) in [4.78, 5) is 18.6. The number of piperidine rings is 1. The van der Waals surface area contributed by atoms with E-state index in [1.165, 1.54) is 6.42 Å². The molecule has 1 aromatic heterocycles. The number of benzene rings is 1. The first-order valence-corrected chi connectivity index (χ1v) is 8.36. The lowest BCUT2D eigenvalue weighted by molar-refractivity contribution is 0.0724.